The topological polar surface area (TPSA) is 56.9 Å². The lowest BCUT2D eigenvalue weighted by Gasteiger charge is -2.08. The summed E-state index contributed by atoms with van der Waals surface area (Å²) in [4.78, 5) is 29.6. The lowest BCUT2D eigenvalue weighted by atomic mass is 10.1. The van der Waals surface area contributed by atoms with Crippen molar-refractivity contribution < 1.29 is 4.79 Å². The molecule has 6 heteroatoms. The summed E-state index contributed by atoms with van der Waals surface area (Å²) in [5.74, 6) is -0.0720. The highest BCUT2D eigenvalue weighted by atomic mass is 35.5. The van der Waals surface area contributed by atoms with Gasteiger partial charge in [0, 0.05) is 28.0 Å². The number of ketones is 1. The number of hydrogen-bond donors (Lipinski definition) is 0. The highest BCUT2D eigenvalue weighted by Crippen LogP contribution is 2.38. The van der Waals surface area contributed by atoms with Gasteiger partial charge in [0.2, 0.25) is 0 Å². The Hall–Kier alpha value is -2.40. The quantitative estimate of drug-likeness (QED) is 0.671. The van der Waals surface area contributed by atoms with Crippen molar-refractivity contribution in [2.45, 2.75) is 39.3 Å². The second kappa shape index (κ2) is 5.85. The van der Waals surface area contributed by atoms with Crippen LogP contribution in [0, 0.1) is 13.8 Å². The monoisotopic (exact) mass is 355 g/mol. The molecule has 0 N–H and O–H groups in total. The van der Waals surface area contributed by atoms with Crippen LogP contribution < -0.4 is 5.56 Å². The van der Waals surface area contributed by atoms with Crippen LogP contribution in [0.1, 0.15) is 40.6 Å². The van der Waals surface area contributed by atoms with Gasteiger partial charge in [0.1, 0.15) is 0 Å². The third-order valence-electron chi connectivity index (χ3n) is 4.80. The minimum atomic E-state index is -0.231. The second-order valence-electron chi connectivity index (χ2n) is 6.65. The summed E-state index contributed by atoms with van der Waals surface area (Å²) in [5.41, 5.74) is 3.08. The summed E-state index contributed by atoms with van der Waals surface area (Å²) in [6.07, 6.45) is 3.75. The molecule has 3 aromatic rings. The van der Waals surface area contributed by atoms with Crippen LogP contribution in [0.5, 0.6) is 0 Å². The van der Waals surface area contributed by atoms with Crippen LogP contribution in [0.3, 0.4) is 0 Å². The van der Waals surface area contributed by atoms with Gasteiger partial charge in [-0.05, 0) is 51.0 Å². The van der Waals surface area contributed by atoms with Crippen LogP contribution in [0.2, 0.25) is 5.02 Å². The fourth-order valence-corrected chi connectivity index (χ4v) is 3.60. The first-order chi connectivity index (χ1) is 12.0. The maximum Gasteiger partial charge on any atom is 0.261 e. The predicted molar refractivity (Wildman–Crippen MR) is 97.5 cm³/mol. The van der Waals surface area contributed by atoms with Gasteiger partial charge in [-0.1, -0.05) is 11.6 Å². The summed E-state index contributed by atoms with van der Waals surface area (Å²) in [6, 6.07) is 7.40. The van der Waals surface area contributed by atoms with Gasteiger partial charge in [0.25, 0.3) is 5.56 Å². The molecule has 5 nitrogen and oxygen atoms in total. The van der Waals surface area contributed by atoms with E-state index in [0.717, 1.165) is 11.4 Å². The van der Waals surface area contributed by atoms with E-state index >= 15 is 0 Å². The maximum atomic E-state index is 12.8. The standard InChI is InChI=1S/C19H18ClN3O2/c1-11-7-16(12(2)23(11)14-4-5-14)18(24)9-22-10-21-17-8-13(20)3-6-15(17)19(22)25/h3,6-8,10,14H,4-5,9H2,1-2H3. The van der Waals surface area contributed by atoms with Crippen LogP contribution in [0.4, 0.5) is 0 Å². The number of carbonyl (C=O) groups excluding carboxylic acids is 1. The van der Waals surface area contributed by atoms with Crippen molar-refractivity contribution >= 4 is 28.3 Å². The SMILES string of the molecule is Cc1cc(C(=O)Cn2cnc3cc(Cl)ccc3c2=O)c(C)n1C1CC1. The van der Waals surface area contributed by atoms with Crippen molar-refractivity contribution in [1.82, 2.24) is 14.1 Å². The molecule has 25 heavy (non-hydrogen) atoms. The molecule has 2 heterocycles. The molecule has 0 amide bonds. The molecule has 1 aliphatic carbocycles. The number of hydrogen-bond acceptors (Lipinski definition) is 3. The van der Waals surface area contributed by atoms with Crippen molar-refractivity contribution in [3.05, 3.63) is 62.9 Å². The van der Waals surface area contributed by atoms with Crippen LogP contribution >= 0.6 is 11.6 Å². The zero-order chi connectivity index (χ0) is 17.7. The molecule has 1 aliphatic rings. The third kappa shape index (κ3) is 2.78. The van der Waals surface area contributed by atoms with Gasteiger partial charge >= 0.3 is 0 Å². The summed E-state index contributed by atoms with van der Waals surface area (Å²) in [7, 11) is 0. The first-order valence-electron chi connectivity index (χ1n) is 8.32. The van der Waals surface area contributed by atoms with Crippen LogP contribution in [0.15, 0.2) is 35.4 Å². The average molecular weight is 356 g/mol. The lowest BCUT2D eigenvalue weighted by molar-refractivity contribution is 0.0970. The Morgan fingerprint density at radius 1 is 1.28 bits per heavy atom. The Morgan fingerprint density at radius 3 is 2.76 bits per heavy atom. The van der Waals surface area contributed by atoms with Gasteiger partial charge in [0.15, 0.2) is 5.78 Å². The van der Waals surface area contributed by atoms with Crippen LogP contribution in [0.25, 0.3) is 10.9 Å². The molecule has 0 unspecified atom stereocenters. The average Bonchev–Trinajstić information content (AvgIpc) is 3.35. The van der Waals surface area contributed by atoms with Gasteiger partial charge in [-0.3, -0.25) is 14.2 Å². The molecular formula is C19H18ClN3O2. The van der Waals surface area contributed by atoms with E-state index in [1.807, 2.05) is 19.9 Å². The number of nitrogens with zero attached hydrogens (tertiary/aromatic N) is 3. The zero-order valence-electron chi connectivity index (χ0n) is 14.1. The van der Waals surface area contributed by atoms with Crippen molar-refractivity contribution in [1.29, 1.82) is 0 Å². The molecule has 1 saturated carbocycles. The van der Waals surface area contributed by atoms with E-state index in [1.54, 1.807) is 18.2 Å². The number of aromatic nitrogens is 3. The normalized spacial score (nSPS) is 14.2. The number of carbonyl (C=O) groups is 1. The Bertz CT molecular complexity index is 1060. The molecule has 0 saturated heterocycles. The van der Waals surface area contributed by atoms with Gasteiger partial charge in [-0.15, -0.1) is 0 Å². The fourth-order valence-electron chi connectivity index (χ4n) is 3.44. The minimum Gasteiger partial charge on any atom is -0.345 e. The number of rotatable bonds is 4. The van der Waals surface area contributed by atoms with E-state index < -0.39 is 0 Å². The van der Waals surface area contributed by atoms with Gasteiger partial charge < -0.3 is 4.57 Å². The first-order valence-corrected chi connectivity index (χ1v) is 8.70. The molecule has 1 fully saturated rings. The largest absolute Gasteiger partial charge is 0.345 e. The molecular weight excluding hydrogens is 338 g/mol. The molecule has 1 aromatic carbocycles. The summed E-state index contributed by atoms with van der Waals surface area (Å²) in [6.45, 7) is 3.98. The van der Waals surface area contributed by atoms with E-state index in [1.165, 1.54) is 23.7 Å². The third-order valence-corrected chi connectivity index (χ3v) is 5.03. The maximum absolute atomic E-state index is 12.8. The Balaban J connectivity index is 1.68. The summed E-state index contributed by atoms with van der Waals surface area (Å²) >= 11 is 5.94. The second-order valence-corrected chi connectivity index (χ2v) is 7.08. The lowest BCUT2D eigenvalue weighted by Crippen LogP contribution is -2.25. The van der Waals surface area contributed by atoms with Crippen molar-refractivity contribution in [3.63, 3.8) is 0 Å². The Kier molecular flexibility index (Phi) is 3.76. The number of Topliss-reactive ketones (excluding diaryl/α,β-unsaturated/α-hetero) is 1. The van der Waals surface area contributed by atoms with E-state index in [9.17, 15) is 9.59 Å². The summed E-state index contributed by atoms with van der Waals surface area (Å²) in [5, 5.41) is 0.990. The number of aryl methyl sites for hydroxylation is 1. The fraction of sp³-hybridized carbons (Fsp3) is 0.316. The predicted octanol–water partition coefficient (Wildman–Crippen LogP) is 3.69. The zero-order valence-corrected chi connectivity index (χ0v) is 14.9. The van der Waals surface area contributed by atoms with Crippen molar-refractivity contribution in [2.75, 3.05) is 0 Å². The van der Waals surface area contributed by atoms with Gasteiger partial charge in [0.05, 0.1) is 23.8 Å². The minimum absolute atomic E-state index is 0.0145. The number of halogens is 1. The molecule has 0 radical (unpaired) electrons. The van der Waals surface area contributed by atoms with Crippen molar-refractivity contribution in [2.24, 2.45) is 0 Å². The van der Waals surface area contributed by atoms with E-state index in [-0.39, 0.29) is 17.9 Å². The molecule has 128 valence electrons. The Morgan fingerprint density at radius 2 is 2.04 bits per heavy atom. The highest BCUT2D eigenvalue weighted by Gasteiger charge is 2.28. The number of benzene rings is 1. The van der Waals surface area contributed by atoms with E-state index in [4.69, 9.17) is 11.6 Å². The van der Waals surface area contributed by atoms with Gasteiger partial charge in [-0.2, -0.15) is 0 Å². The number of fused-ring (bicyclic) bond motifs is 1. The Labute approximate surface area is 149 Å². The molecule has 0 bridgehead atoms. The van der Waals surface area contributed by atoms with E-state index in [0.29, 0.717) is 27.5 Å². The smallest absolute Gasteiger partial charge is 0.261 e. The van der Waals surface area contributed by atoms with Crippen LogP contribution in [-0.2, 0) is 6.54 Å². The molecule has 0 atom stereocenters. The van der Waals surface area contributed by atoms with Gasteiger partial charge in [-0.25, -0.2) is 4.98 Å². The molecule has 0 spiro atoms. The molecule has 2 aromatic heterocycles. The summed E-state index contributed by atoms with van der Waals surface area (Å²) < 4.78 is 3.60. The first kappa shape index (κ1) is 16.1. The van der Waals surface area contributed by atoms with Crippen molar-refractivity contribution in [3.8, 4) is 0 Å². The molecule has 0 aliphatic heterocycles. The molecule has 4 rings (SSSR count). The van der Waals surface area contributed by atoms with Crippen LogP contribution in [-0.4, -0.2) is 19.9 Å². The van der Waals surface area contributed by atoms with E-state index in [2.05, 4.69) is 9.55 Å². The highest BCUT2D eigenvalue weighted by molar-refractivity contribution is 6.31.